The second-order valence-corrected chi connectivity index (χ2v) is 2.33. The van der Waals surface area contributed by atoms with Gasteiger partial charge < -0.3 is 9.52 Å². The molecular formula is C8H12O2. The van der Waals surface area contributed by atoms with Gasteiger partial charge in [0.05, 0.1) is 0 Å². The monoisotopic (exact) mass is 140 g/mol. The van der Waals surface area contributed by atoms with E-state index in [0.717, 1.165) is 12.2 Å². The molecule has 56 valence electrons. The molecule has 1 heterocycles. The fraction of sp³-hybridized carbons (Fsp3) is 0.500. The third kappa shape index (κ3) is 1.39. The van der Waals surface area contributed by atoms with Crippen molar-refractivity contribution in [3.05, 3.63) is 23.7 Å². The average molecular weight is 140 g/mol. The van der Waals surface area contributed by atoms with Gasteiger partial charge in [-0.15, -0.1) is 0 Å². The Morgan fingerprint density at radius 2 is 2.30 bits per heavy atom. The van der Waals surface area contributed by atoms with Crippen molar-refractivity contribution in [1.29, 1.82) is 0 Å². The van der Waals surface area contributed by atoms with Gasteiger partial charge in [-0.25, -0.2) is 0 Å². The van der Waals surface area contributed by atoms with Crippen LogP contribution in [0.2, 0.25) is 0 Å². The van der Waals surface area contributed by atoms with E-state index in [9.17, 15) is 0 Å². The molecule has 0 amide bonds. The summed E-state index contributed by atoms with van der Waals surface area (Å²) in [7, 11) is 0. The standard InChI is InChI=1S/C8H12O2/c1-3-7-4-5-8(10-7)6(2)9/h4-6,9H,3H2,1-2H3/t6-/m1/s1. The summed E-state index contributed by atoms with van der Waals surface area (Å²) in [4.78, 5) is 0. The molecule has 0 saturated carbocycles. The molecule has 1 aromatic rings. The highest BCUT2D eigenvalue weighted by atomic mass is 16.4. The largest absolute Gasteiger partial charge is 0.463 e. The predicted molar refractivity (Wildman–Crippen MR) is 38.7 cm³/mol. The first-order valence-electron chi connectivity index (χ1n) is 3.50. The summed E-state index contributed by atoms with van der Waals surface area (Å²) in [6.45, 7) is 3.71. The zero-order valence-electron chi connectivity index (χ0n) is 6.29. The van der Waals surface area contributed by atoms with Gasteiger partial charge in [-0.3, -0.25) is 0 Å². The number of aryl methyl sites for hydroxylation is 1. The maximum absolute atomic E-state index is 9.04. The highest BCUT2D eigenvalue weighted by Crippen LogP contribution is 2.15. The Labute approximate surface area is 60.5 Å². The molecule has 1 atom stereocenters. The topological polar surface area (TPSA) is 33.4 Å². The van der Waals surface area contributed by atoms with Crippen LogP contribution in [0.1, 0.15) is 31.5 Å². The van der Waals surface area contributed by atoms with Crippen LogP contribution in [0.5, 0.6) is 0 Å². The first-order chi connectivity index (χ1) is 4.74. The maximum Gasteiger partial charge on any atom is 0.132 e. The third-order valence-corrected chi connectivity index (χ3v) is 1.44. The Kier molecular flexibility index (Phi) is 2.12. The zero-order valence-corrected chi connectivity index (χ0v) is 6.29. The van der Waals surface area contributed by atoms with Crippen molar-refractivity contribution in [2.75, 3.05) is 0 Å². The quantitative estimate of drug-likeness (QED) is 0.680. The molecular weight excluding hydrogens is 128 g/mol. The highest BCUT2D eigenvalue weighted by molar-refractivity contribution is 5.08. The van der Waals surface area contributed by atoms with Crippen LogP contribution in [-0.2, 0) is 6.42 Å². The van der Waals surface area contributed by atoms with Crippen molar-refractivity contribution >= 4 is 0 Å². The van der Waals surface area contributed by atoms with Gasteiger partial charge in [0.2, 0.25) is 0 Å². The molecule has 0 aliphatic rings. The van der Waals surface area contributed by atoms with E-state index >= 15 is 0 Å². The van der Waals surface area contributed by atoms with E-state index in [1.807, 2.05) is 19.1 Å². The van der Waals surface area contributed by atoms with Gasteiger partial charge in [0, 0.05) is 6.42 Å². The Morgan fingerprint density at radius 1 is 1.60 bits per heavy atom. The Morgan fingerprint density at radius 3 is 2.60 bits per heavy atom. The summed E-state index contributed by atoms with van der Waals surface area (Å²) in [5, 5.41) is 9.04. The van der Waals surface area contributed by atoms with Crippen LogP contribution in [0.25, 0.3) is 0 Å². The van der Waals surface area contributed by atoms with Gasteiger partial charge >= 0.3 is 0 Å². The fourth-order valence-electron chi connectivity index (χ4n) is 0.809. The molecule has 10 heavy (non-hydrogen) atoms. The first-order valence-corrected chi connectivity index (χ1v) is 3.50. The van der Waals surface area contributed by atoms with Gasteiger partial charge in [-0.05, 0) is 19.1 Å². The van der Waals surface area contributed by atoms with Crippen molar-refractivity contribution in [3.8, 4) is 0 Å². The SMILES string of the molecule is CCc1ccc([C@@H](C)O)o1. The predicted octanol–water partition coefficient (Wildman–Crippen LogP) is 1.90. The Bertz CT molecular complexity index is 201. The van der Waals surface area contributed by atoms with E-state index in [4.69, 9.17) is 9.52 Å². The lowest BCUT2D eigenvalue weighted by Gasteiger charge is -1.96. The lowest BCUT2D eigenvalue weighted by molar-refractivity contribution is 0.167. The van der Waals surface area contributed by atoms with Crippen LogP contribution in [0.15, 0.2) is 16.5 Å². The van der Waals surface area contributed by atoms with E-state index in [1.54, 1.807) is 6.92 Å². The lowest BCUT2D eigenvalue weighted by atomic mass is 10.3. The normalized spacial score (nSPS) is 13.5. The van der Waals surface area contributed by atoms with Crippen molar-refractivity contribution < 1.29 is 9.52 Å². The van der Waals surface area contributed by atoms with Gasteiger partial charge in [-0.1, -0.05) is 6.92 Å². The van der Waals surface area contributed by atoms with Gasteiger partial charge in [0.25, 0.3) is 0 Å². The molecule has 0 bridgehead atoms. The molecule has 0 unspecified atom stereocenters. The van der Waals surface area contributed by atoms with Gasteiger partial charge in [-0.2, -0.15) is 0 Å². The summed E-state index contributed by atoms with van der Waals surface area (Å²) in [5.74, 6) is 1.58. The summed E-state index contributed by atoms with van der Waals surface area (Å²) >= 11 is 0. The number of aliphatic hydroxyl groups is 1. The molecule has 1 aromatic heterocycles. The van der Waals surface area contributed by atoms with Crippen LogP contribution in [-0.4, -0.2) is 5.11 Å². The number of hydrogen-bond acceptors (Lipinski definition) is 2. The smallest absolute Gasteiger partial charge is 0.132 e. The van der Waals surface area contributed by atoms with Crippen LogP contribution in [0, 0.1) is 0 Å². The van der Waals surface area contributed by atoms with Crippen molar-refractivity contribution in [1.82, 2.24) is 0 Å². The third-order valence-electron chi connectivity index (χ3n) is 1.44. The number of rotatable bonds is 2. The molecule has 0 radical (unpaired) electrons. The van der Waals surface area contributed by atoms with E-state index in [1.165, 1.54) is 0 Å². The number of hydrogen-bond donors (Lipinski definition) is 1. The fourth-order valence-corrected chi connectivity index (χ4v) is 0.809. The lowest BCUT2D eigenvalue weighted by Crippen LogP contribution is -1.85. The molecule has 0 saturated heterocycles. The molecule has 0 aromatic carbocycles. The zero-order chi connectivity index (χ0) is 7.56. The summed E-state index contributed by atoms with van der Waals surface area (Å²) in [6, 6.07) is 3.70. The summed E-state index contributed by atoms with van der Waals surface area (Å²) < 4.78 is 5.24. The van der Waals surface area contributed by atoms with Crippen LogP contribution >= 0.6 is 0 Å². The Hall–Kier alpha value is -0.760. The second kappa shape index (κ2) is 2.88. The van der Waals surface area contributed by atoms with E-state index in [0.29, 0.717) is 5.76 Å². The molecule has 0 aliphatic heterocycles. The van der Waals surface area contributed by atoms with Crippen molar-refractivity contribution in [2.45, 2.75) is 26.4 Å². The minimum atomic E-state index is -0.486. The molecule has 0 fully saturated rings. The highest BCUT2D eigenvalue weighted by Gasteiger charge is 2.04. The molecule has 1 rings (SSSR count). The molecule has 0 aliphatic carbocycles. The van der Waals surface area contributed by atoms with Crippen molar-refractivity contribution in [3.63, 3.8) is 0 Å². The van der Waals surface area contributed by atoms with E-state index < -0.39 is 6.10 Å². The second-order valence-electron chi connectivity index (χ2n) is 2.33. The molecule has 1 N–H and O–H groups in total. The van der Waals surface area contributed by atoms with Gasteiger partial charge in [0.15, 0.2) is 0 Å². The van der Waals surface area contributed by atoms with Crippen LogP contribution in [0.3, 0.4) is 0 Å². The van der Waals surface area contributed by atoms with Gasteiger partial charge in [0.1, 0.15) is 17.6 Å². The minimum absolute atomic E-state index is 0.486. The van der Waals surface area contributed by atoms with E-state index in [2.05, 4.69) is 0 Å². The summed E-state index contributed by atoms with van der Waals surface area (Å²) in [5.41, 5.74) is 0. The average Bonchev–Trinajstić information content (AvgIpc) is 2.34. The summed E-state index contributed by atoms with van der Waals surface area (Å²) in [6.07, 6.45) is 0.396. The molecule has 2 nitrogen and oxygen atoms in total. The maximum atomic E-state index is 9.04. The van der Waals surface area contributed by atoms with Crippen molar-refractivity contribution in [2.24, 2.45) is 0 Å². The Balaban J connectivity index is 2.78. The number of furan rings is 1. The van der Waals surface area contributed by atoms with E-state index in [-0.39, 0.29) is 0 Å². The number of aliphatic hydroxyl groups excluding tert-OH is 1. The minimum Gasteiger partial charge on any atom is -0.463 e. The van der Waals surface area contributed by atoms with Crippen LogP contribution in [0.4, 0.5) is 0 Å². The first kappa shape index (κ1) is 7.35. The molecule has 0 spiro atoms. The van der Waals surface area contributed by atoms with Crippen LogP contribution < -0.4 is 0 Å². The molecule has 2 heteroatoms.